The third-order valence-corrected chi connectivity index (χ3v) is 3.64. The first-order valence-electron chi connectivity index (χ1n) is 7.51. The Morgan fingerprint density at radius 3 is 2.48 bits per heavy atom. The minimum absolute atomic E-state index is 0. The van der Waals surface area contributed by atoms with Crippen LogP contribution in [-0.4, -0.2) is 22.7 Å². The van der Waals surface area contributed by atoms with Crippen molar-refractivity contribution < 1.29 is 9.53 Å². The second-order valence-electron chi connectivity index (χ2n) is 5.09. The molecule has 0 aliphatic rings. The predicted molar refractivity (Wildman–Crippen MR) is 102 cm³/mol. The van der Waals surface area contributed by atoms with Crippen LogP contribution in [0.1, 0.15) is 17.4 Å². The highest BCUT2D eigenvalue weighted by molar-refractivity contribution is 6.30. The van der Waals surface area contributed by atoms with E-state index in [9.17, 15) is 4.79 Å². The van der Waals surface area contributed by atoms with E-state index in [4.69, 9.17) is 16.3 Å². The number of carbonyl (C=O) groups is 1. The molecule has 3 aromatic rings. The molecule has 2 aromatic carbocycles. The minimum atomic E-state index is -0.262. The second kappa shape index (κ2) is 8.55. The number of aromatic amines is 1. The van der Waals surface area contributed by atoms with Gasteiger partial charge in [0.25, 0.3) is 5.91 Å². The molecule has 1 heterocycles. The van der Waals surface area contributed by atoms with Crippen LogP contribution >= 0.6 is 24.0 Å². The monoisotopic (exact) mass is 377 g/mol. The van der Waals surface area contributed by atoms with E-state index in [0.29, 0.717) is 28.7 Å². The molecule has 7 heteroatoms. The van der Waals surface area contributed by atoms with E-state index in [1.54, 1.807) is 30.3 Å². The SMILES string of the molecule is CCOc1ccc(-c2cc(C(=O)Nc3ccc(Cl)cc3)[nH]n2)cc1.Cl. The molecule has 0 fully saturated rings. The standard InChI is InChI=1S/C18H16ClN3O2.ClH/c1-2-24-15-9-3-12(4-10-15)16-11-17(22-21-16)18(23)20-14-7-5-13(19)6-8-14;/h3-11H,2H2,1H3,(H,20,23)(H,21,22);1H. The smallest absolute Gasteiger partial charge is 0.273 e. The number of halogens is 2. The lowest BCUT2D eigenvalue weighted by Crippen LogP contribution is -2.12. The molecule has 1 amide bonds. The van der Waals surface area contributed by atoms with Crippen LogP contribution in [0.2, 0.25) is 5.02 Å². The zero-order valence-corrected chi connectivity index (χ0v) is 15.0. The Hall–Kier alpha value is -2.50. The molecule has 3 rings (SSSR count). The largest absolute Gasteiger partial charge is 0.494 e. The summed E-state index contributed by atoms with van der Waals surface area (Å²) in [5.74, 6) is 0.541. The summed E-state index contributed by atoms with van der Waals surface area (Å²) < 4.78 is 5.41. The van der Waals surface area contributed by atoms with Crippen molar-refractivity contribution in [3.05, 3.63) is 65.3 Å². The van der Waals surface area contributed by atoms with Gasteiger partial charge in [-0.2, -0.15) is 5.10 Å². The fourth-order valence-corrected chi connectivity index (χ4v) is 2.33. The number of aromatic nitrogens is 2. The highest BCUT2D eigenvalue weighted by Gasteiger charge is 2.11. The van der Waals surface area contributed by atoms with E-state index in [1.807, 2.05) is 31.2 Å². The number of rotatable bonds is 5. The van der Waals surface area contributed by atoms with Gasteiger partial charge in [0.1, 0.15) is 11.4 Å². The number of anilines is 1. The van der Waals surface area contributed by atoms with Gasteiger partial charge in [-0.25, -0.2) is 0 Å². The Labute approximate surface area is 156 Å². The molecule has 0 unspecified atom stereocenters. The number of benzene rings is 2. The molecule has 0 saturated carbocycles. The lowest BCUT2D eigenvalue weighted by atomic mass is 10.1. The zero-order chi connectivity index (χ0) is 16.9. The van der Waals surface area contributed by atoms with Gasteiger partial charge in [0.2, 0.25) is 0 Å². The molecule has 130 valence electrons. The highest BCUT2D eigenvalue weighted by atomic mass is 35.5. The lowest BCUT2D eigenvalue weighted by Gasteiger charge is -2.03. The Bertz CT molecular complexity index is 830. The molecule has 0 aliphatic heterocycles. The zero-order valence-electron chi connectivity index (χ0n) is 13.5. The summed E-state index contributed by atoms with van der Waals surface area (Å²) in [6, 6.07) is 16.2. The Balaban J connectivity index is 0.00000225. The maximum absolute atomic E-state index is 12.2. The van der Waals surface area contributed by atoms with Crippen molar-refractivity contribution in [2.24, 2.45) is 0 Å². The number of amides is 1. The van der Waals surface area contributed by atoms with E-state index in [1.165, 1.54) is 0 Å². The second-order valence-corrected chi connectivity index (χ2v) is 5.52. The minimum Gasteiger partial charge on any atom is -0.494 e. The van der Waals surface area contributed by atoms with Gasteiger partial charge in [-0.1, -0.05) is 11.6 Å². The molecular weight excluding hydrogens is 361 g/mol. The van der Waals surface area contributed by atoms with Crippen LogP contribution in [0, 0.1) is 0 Å². The molecule has 0 bridgehead atoms. The normalized spacial score (nSPS) is 10.0. The third kappa shape index (κ3) is 4.75. The third-order valence-electron chi connectivity index (χ3n) is 3.39. The first kappa shape index (κ1) is 18.8. The van der Waals surface area contributed by atoms with Crippen LogP contribution in [0.3, 0.4) is 0 Å². The van der Waals surface area contributed by atoms with E-state index < -0.39 is 0 Å². The molecule has 0 aliphatic carbocycles. The van der Waals surface area contributed by atoms with Crippen molar-refractivity contribution in [2.45, 2.75) is 6.92 Å². The molecule has 2 N–H and O–H groups in total. The quantitative estimate of drug-likeness (QED) is 0.670. The van der Waals surface area contributed by atoms with Gasteiger partial charge in [-0.3, -0.25) is 9.89 Å². The maximum atomic E-state index is 12.2. The molecule has 0 saturated heterocycles. The average Bonchev–Trinajstić information content (AvgIpc) is 3.08. The average molecular weight is 378 g/mol. The summed E-state index contributed by atoms with van der Waals surface area (Å²) in [6.07, 6.45) is 0. The van der Waals surface area contributed by atoms with Gasteiger partial charge in [0, 0.05) is 16.3 Å². The van der Waals surface area contributed by atoms with E-state index >= 15 is 0 Å². The van der Waals surface area contributed by atoms with E-state index in [0.717, 1.165) is 11.3 Å². The van der Waals surface area contributed by atoms with Crippen LogP contribution in [0.15, 0.2) is 54.6 Å². The maximum Gasteiger partial charge on any atom is 0.273 e. The summed E-state index contributed by atoms with van der Waals surface area (Å²) in [5, 5.41) is 10.4. The van der Waals surface area contributed by atoms with Crippen molar-refractivity contribution in [3.63, 3.8) is 0 Å². The summed E-state index contributed by atoms with van der Waals surface area (Å²) in [7, 11) is 0. The van der Waals surface area contributed by atoms with Gasteiger partial charge < -0.3 is 10.1 Å². The number of ether oxygens (including phenoxy) is 1. The van der Waals surface area contributed by atoms with Gasteiger partial charge in [0.15, 0.2) is 0 Å². The van der Waals surface area contributed by atoms with Crippen LogP contribution < -0.4 is 10.1 Å². The molecule has 0 spiro atoms. The Morgan fingerprint density at radius 2 is 1.84 bits per heavy atom. The number of hydrogen-bond acceptors (Lipinski definition) is 3. The Morgan fingerprint density at radius 1 is 1.16 bits per heavy atom. The molecule has 25 heavy (non-hydrogen) atoms. The molecular formula is C18H17Cl2N3O2. The first-order valence-corrected chi connectivity index (χ1v) is 7.89. The van der Waals surface area contributed by atoms with Crippen molar-refractivity contribution in [3.8, 4) is 17.0 Å². The summed E-state index contributed by atoms with van der Waals surface area (Å²) in [6.45, 7) is 2.56. The number of hydrogen-bond donors (Lipinski definition) is 2. The van der Waals surface area contributed by atoms with Crippen LogP contribution in [0.25, 0.3) is 11.3 Å². The topological polar surface area (TPSA) is 67.0 Å². The van der Waals surface area contributed by atoms with E-state index in [2.05, 4.69) is 15.5 Å². The van der Waals surface area contributed by atoms with Crippen molar-refractivity contribution in [2.75, 3.05) is 11.9 Å². The number of nitrogens with zero attached hydrogens (tertiary/aromatic N) is 1. The first-order chi connectivity index (χ1) is 11.7. The molecule has 1 aromatic heterocycles. The number of nitrogens with one attached hydrogen (secondary N) is 2. The van der Waals surface area contributed by atoms with Crippen molar-refractivity contribution in [1.29, 1.82) is 0 Å². The number of carbonyl (C=O) groups excluding carboxylic acids is 1. The summed E-state index contributed by atoms with van der Waals surface area (Å²) in [4.78, 5) is 12.2. The molecule has 0 atom stereocenters. The fourth-order valence-electron chi connectivity index (χ4n) is 2.21. The van der Waals surface area contributed by atoms with Gasteiger partial charge in [-0.15, -0.1) is 12.4 Å². The van der Waals surface area contributed by atoms with Crippen LogP contribution in [0.4, 0.5) is 5.69 Å². The van der Waals surface area contributed by atoms with E-state index in [-0.39, 0.29) is 18.3 Å². The summed E-state index contributed by atoms with van der Waals surface area (Å²) >= 11 is 5.83. The predicted octanol–water partition coefficient (Wildman–Crippen LogP) is 4.80. The van der Waals surface area contributed by atoms with Crippen LogP contribution in [-0.2, 0) is 0 Å². The van der Waals surface area contributed by atoms with Crippen LogP contribution in [0.5, 0.6) is 5.75 Å². The molecule has 0 radical (unpaired) electrons. The van der Waals surface area contributed by atoms with Crippen molar-refractivity contribution >= 4 is 35.6 Å². The summed E-state index contributed by atoms with van der Waals surface area (Å²) in [5.41, 5.74) is 2.65. The highest BCUT2D eigenvalue weighted by Crippen LogP contribution is 2.22. The van der Waals surface area contributed by atoms with Gasteiger partial charge >= 0.3 is 0 Å². The lowest BCUT2D eigenvalue weighted by molar-refractivity contribution is 0.102. The van der Waals surface area contributed by atoms with Gasteiger partial charge in [-0.05, 0) is 61.5 Å². The van der Waals surface area contributed by atoms with Crippen molar-refractivity contribution in [1.82, 2.24) is 10.2 Å². The van der Waals surface area contributed by atoms with Gasteiger partial charge in [0.05, 0.1) is 12.3 Å². The number of H-pyrrole nitrogens is 1. The molecule has 5 nitrogen and oxygen atoms in total. The Kier molecular flexibility index (Phi) is 6.44. The fraction of sp³-hybridized carbons (Fsp3) is 0.111.